The van der Waals surface area contributed by atoms with Gasteiger partial charge in [0.05, 0.1) is 0 Å². The van der Waals surface area contributed by atoms with Crippen molar-refractivity contribution in [3.63, 3.8) is 0 Å². The van der Waals surface area contributed by atoms with Gasteiger partial charge in [0.25, 0.3) is 0 Å². The maximum Gasteiger partial charge on any atom is 0.208 e. The van der Waals surface area contributed by atoms with E-state index < -0.39 is 0 Å². The summed E-state index contributed by atoms with van der Waals surface area (Å²) in [6.45, 7) is 5.54. The molecule has 0 atom stereocenters. The maximum atomic E-state index is 3.73. The molecule has 1 aromatic carbocycles. The van der Waals surface area contributed by atoms with Gasteiger partial charge in [-0.25, -0.2) is 4.58 Å². The van der Waals surface area contributed by atoms with E-state index in [1.165, 1.54) is 11.1 Å². The second-order valence-corrected chi connectivity index (χ2v) is 3.59. The molecular weight excluding hydrogens is 184 g/mol. The average Bonchev–Trinajstić information content (AvgIpc) is 2.20. The lowest BCUT2D eigenvalue weighted by Crippen LogP contribution is -2.13. The van der Waals surface area contributed by atoms with Crippen LogP contribution >= 0.6 is 0 Å². The highest BCUT2D eigenvalue weighted by Gasteiger charge is 2.09. The Morgan fingerprint density at radius 3 is 2.53 bits per heavy atom. The summed E-state index contributed by atoms with van der Waals surface area (Å²) in [5.41, 5.74) is 3.62. The normalized spacial score (nSPS) is 10.3. The van der Waals surface area contributed by atoms with E-state index in [-0.39, 0.29) is 0 Å². The Hall–Kier alpha value is -1.70. The number of rotatable bonds is 3. The standard InChI is InChI=1S/C13H17N2/c1-11-7-5-6-8-12(11)13(15(3)4)9-10-14-2/h5-10H,2H2,1,3-4H3/q+1. The van der Waals surface area contributed by atoms with Crippen LogP contribution in [0.5, 0.6) is 0 Å². The van der Waals surface area contributed by atoms with Crippen molar-refractivity contribution in [3.8, 4) is 0 Å². The topological polar surface area (TPSA) is 15.4 Å². The zero-order valence-electron chi connectivity index (χ0n) is 9.57. The van der Waals surface area contributed by atoms with Crippen molar-refractivity contribution in [2.75, 3.05) is 14.1 Å². The SMILES string of the molecule is C=N/C=C\C(c1ccccc1C)=[N+](C)C. The summed E-state index contributed by atoms with van der Waals surface area (Å²) in [5, 5.41) is 0. The van der Waals surface area contributed by atoms with Crippen molar-refractivity contribution in [1.29, 1.82) is 0 Å². The second-order valence-electron chi connectivity index (χ2n) is 3.59. The Morgan fingerprint density at radius 2 is 2.00 bits per heavy atom. The summed E-state index contributed by atoms with van der Waals surface area (Å²) < 4.78 is 2.07. The summed E-state index contributed by atoms with van der Waals surface area (Å²) >= 11 is 0. The zero-order chi connectivity index (χ0) is 11.3. The first-order valence-corrected chi connectivity index (χ1v) is 4.89. The van der Waals surface area contributed by atoms with Gasteiger partial charge >= 0.3 is 0 Å². The van der Waals surface area contributed by atoms with Crippen molar-refractivity contribution < 1.29 is 4.58 Å². The summed E-state index contributed by atoms with van der Waals surface area (Å²) in [6.07, 6.45) is 3.68. The molecule has 0 aliphatic heterocycles. The highest BCUT2D eigenvalue weighted by atomic mass is 14.9. The zero-order valence-corrected chi connectivity index (χ0v) is 9.57. The Bertz CT molecular complexity index is 410. The molecular formula is C13H17N2+. The molecule has 0 radical (unpaired) electrons. The fraction of sp³-hybridized carbons (Fsp3) is 0.231. The molecule has 0 aromatic heterocycles. The molecule has 15 heavy (non-hydrogen) atoms. The number of allylic oxidation sites excluding steroid dienone is 1. The molecule has 1 rings (SSSR count). The van der Waals surface area contributed by atoms with Crippen LogP contribution < -0.4 is 0 Å². The predicted octanol–water partition coefficient (Wildman–Crippen LogP) is 2.27. The fourth-order valence-corrected chi connectivity index (χ4v) is 1.46. The number of aryl methyl sites for hydroxylation is 1. The molecule has 0 N–H and O–H groups in total. The fourth-order valence-electron chi connectivity index (χ4n) is 1.46. The molecule has 0 aliphatic rings. The number of benzene rings is 1. The van der Waals surface area contributed by atoms with Crippen LogP contribution in [-0.2, 0) is 0 Å². The van der Waals surface area contributed by atoms with E-state index in [9.17, 15) is 0 Å². The highest BCUT2D eigenvalue weighted by molar-refractivity contribution is 6.06. The molecule has 2 nitrogen and oxygen atoms in total. The van der Waals surface area contributed by atoms with E-state index in [1.807, 2.05) is 32.3 Å². The van der Waals surface area contributed by atoms with E-state index in [0.29, 0.717) is 0 Å². The van der Waals surface area contributed by atoms with Gasteiger partial charge in [0.15, 0.2) is 0 Å². The number of aliphatic imine (C=N–C) groups is 1. The monoisotopic (exact) mass is 201 g/mol. The molecule has 0 spiro atoms. The molecule has 0 bridgehead atoms. The van der Waals surface area contributed by atoms with E-state index in [4.69, 9.17) is 0 Å². The molecule has 1 aromatic rings. The third kappa shape index (κ3) is 2.88. The quantitative estimate of drug-likeness (QED) is 0.526. The van der Waals surface area contributed by atoms with E-state index >= 15 is 0 Å². The van der Waals surface area contributed by atoms with Crippen LogP contribution in [0.2, 0.25) is 0 Å². The van der Waals surface area contributed by atoms with Crippen molar-refractivity contribution in [1.82, 2.24) is 0 Å². The molecule has 0 amide bonds. The van der Waals surface area contributed by atoms with Crippen LogP contribution in [-0.4, -0.2) is 31.1 Å². The third-order valence-electron chi connectivity index (χ3n) is 2.24. The highest BCUT2D eigenvalue weighted by Crippen LogP contribution is 2.09. The smallest absolute Gasteiger partial charge is 0.208 e. The van der Waals surface area contributed by atoms with Crippen LogP contribution in [0.4, 0.5) is 0 Å². The summed E-state index contributed by atoms with van der Waals surface area (Å²) in [7, 11) is 4.05. The van der Waals surface area contributed by atoms with E-state index in [1.54, 1.807) is 6.20 Å². The Labute approximate surface area is 91.3 Å². The molecule has 0 fully saturated rings. The Morgan fingerprint density at radius 1 is 1.33 bits per heavy atom. The lowest BCUT2D eigenvalue weighted by Gasteiger charge is -2.03. The molecule has 0 unspecified atom stereocenters. The third-order valence-corrected chi connectivity index (χ3v) is 2.24. The second kappa shape index (κ2) is 5.25. The number of hydrogen-bond acceptors (Lipinski definition) is 1. The molecule has 78 valence electrons. The minimum Gasteiger partial charge on any atom is -0.272 e. The van der Waals surface area contributed by atoms with Crippen molar-refractivity contribution in [2.24, 2.45) is 4.99 Å². The molecule has 0 heterocycles. The van der Waals surface area contributed by atoms with Gasteiger partial charge in [-0.1, -0.05) is 18.2 Å². The van der Waals surface area contributed by atoms with Gasteiger partial charge in [-0.15, -0.1) is 0 Å². The first-order chi connectivity index (χ1) is 7.16. The van der Waals surface area contributed by atoms with Crippen LogP contribution in [0.1, 0.15) is 11.1 Å². The van der Waals surface area contributed by atoms with Crippen molar-refractivity contribution in [3.05, 3.63) is 47.7 Å². The maximum absolute atomic E-state index is 3.73. The van der Waals surface area contributed by atoms with E-state index in [0.717, 1.165) is 5.71 Å². The lowest BCUT2D eigenvalue weighted by molar-refractivity contribution is -0.463. The van der Waals surface area contributed by atoms with Crippen LogP contribution in [0, 0.1) is 6.92 Å². The van der Waals surface area contributed by atoms with Crippen molar-refractivity contribution >= 4 is 12.4 Å². The minimum absolute atomic E-state index is 1.14. The number of hydrogen-bond donors (Lipinski definition) is 0. The Kier molecular flexibility index (Phi) is 3.98. The molecule has 0 saturated heterocycles. The average molecular weight is 201 g/mol. The van der Waals surface area contributed by atoms with Crippen LogP contribution in [0.25, 0.3) is 0 Å². The largest absolute Gasteiger partial charge is 0.272 e. The number of nitrogens with zero attached hydrogens (tertiary/aromatic N) is 2. The van der Waals surface area contributed by atoms with Gasteiger partial charge in [0.2, 0.25) is 5.71 Å². The lowest BCUT2D eigenvalue weighted by atomic mass is 10.0. The Balaban J connectivity index is 3.24. The minimum atomic E-state index is 1.14. The summed E-state index contributed by atoms with van der Waals surface area (Å²) in [4.78, 5) is 3.73. The van der Waals surface area contributed by atoms with Gasteiger partial charge in [-0.2, -0.15) is 0 Å². The molecule has 0 saturated carbocycles. The summed E-state index contributed by atoms with van der Waals surface area (Å²) in [6, 6.07) is 8.30. The van der Waals surface area contributed by atoms with Crippen LogP contribution in [0.3, 0.4) is 0 Å². The van der Waals surface area contributed by atoms with Gasteiger partial charge in [0.1, 0.15) is 14.1 Å². The van der Waals surface area contributed by atoms with Gasteiger partial charge < -0.3 is 0 Å². The van der Waals surface area contributed by atoms with Gasteiger partial charge in [-0.05, 0) is 25.3 Å². The van der Waals surface area contributed by atoms with Gasteiger partial charge in [-0.3, -0.25) is 4.99 Å². The molecule has 0 aliphatic carbocycles. The summed E-state index contributed by atoms with van der Waals surface area (Å²) in [5.74, 6) is 0. The first kappa shape index (κ1) is 11.4. The van der Waals surface area contributed by atoms with Gasteiger partial charge in [0, 0.05) is 17.8 Å². The molecule has 2 heteroatoms. The van der Waals surface area contributed by atoms with Crippen LogP contribution in [0.15, 0.2) is 41.5 Å². The first-order valence-electron chi connectivity index (χ1n) is 4.89. The van der Waals surface area contributed by atoms with Crippen molar-refractivity contribution in [2.45, 2.75) is 6.92 Å². The van der Waals surface area contributed by atoms with E-state index in [2.05, 4.69) is 35.3 Å². The predicted molar refractivity (Wildman–Crippen MR) is 66.1 cm³/mol.